The molecule has 0 aliphatic heterocycles. The molecule has 0 fully saturated rings. The van der Waals surface area contributed by atoms with Crippen molar-refractivity contribution in [3.05, 3.63) is 150 Å². The molecule has 5 heteroatoms. The fourth-order valence-electron chi connectivity index (χ4n) is 5.22. The molecular weight excluding hydrogens is 539 g/mol. The summed E-state index contributed by atoms with van der Waals surface area (Å²) < 4.78 is 2.39. The topological polar surface area (TPSA) is 57.0 Å². The molecule has 1 heterocycles. The van der Waals surface area contributed by atoms with Crippen LogP contribution in [0.2, 0.25) is 0 Å². The van der Waals surface area contributed by atoms with Crippen LogP contribution in [0.15, 0.2) is 138 Å². The molecule has 202 valence electrons. The Bertz CT molecular complexity index is 1720. The fraction of sp³-hybridized carbons (Fsp3) is 0.0556. The number of aromatic nitrogens is 1. The van der Waals surface area contributed by atoms with Gasteiger partial charge in [-0.3, -0.25) is 0 Å². The Morgan fingerprint density at radius 3 is 1.39 bits per heavy atom. The largest absolute Gasteiger partial charge is 0.404 e. The van der Waals surface area contributed by atoms with Gasteiger partial charge in [0, 0.05) is 40.4 Å². The number of thioether (sulfide) groups is 2. The van der Waals surface area contributed by atoms with Crippen molar-refractivity contribution in [2.45, 2.75) is 11.5 Å². The van der Waals surface area contributed by atoms with E-state index >= 15 is 0 Å². The molecule has 41 heavy (non-hydrogen) atoms. The van der Waals surface area contributed by atoms with E-state index in [0.29, 0.717) is 0 Å². The summed E-state index contributed by atoms with van der Waals surface area (Å²) in [6, 6.07) is 42.0. The molecule has 0 radical (unpaired) electrons. The normalized spacial score (nSPS) is 11.8. The number of para-hydroxylation sites is 1. The highest BCUT2D eigenvalue weighted by Crippen LogP contribution is 2.37. The van der Waals surface area contributed by atoms with Gasteiger partial charge in [-0.25, -0.2) is 0 Å². The van der Waals surface area contributed by atoms with Crippen LogP contribution in [-0.2, 0) is 11.5 Å². The maximum atomic E-state index is 5.47. The van der Waals surface area contributed by atoms with Gasteiger partial charge < -0.3 is 16.0 Å². The van der Waals surface area contributed by atoms with Crippen LogP contribution < -0.4 is 11.5 Å². The molecule has 5 aromatic carbocycles. The quantitative estimate of drug-likeness (QED) is 0.182. The molecule has 0 saturated heterocycles. The monoisotopic (exact) mass is 569 g/mol. The molecule has 0 spiro atoms. The Morgan fingerprint density at radius 2 is 0.951 bits per heavy atom. The zero-order chi connectivity index (χ0) is 28.0. The van der Waals surface area contributed by atoms with E-state index in [9.17, 15) is 0 Å². The fourth-order valence-corrected chi connectivity index (χ4v) is 6.40. The average Bonchev–Trinajstić information content (AvgIpc) is 3.35. The Balaban J connectivity index is 1.42. The van der Waals surface area contributed by atoms with E-state index < -0.39 is 0 Å². The van der Waals surface area contributed by atoms with E-state index in [4.69, 9.17) is 11.5 Å². The second kappa shape index (κ2) is 12.5. The molecule has 1 aromatic heterocycles. The highest BCUT2D eigenvalue weighted by atomic mass is 32.2. The first-order valence-corrected chi connectivity index (χ1v) is 15.6. The molecule has 0 unspecified atom stereocenters. The van der Waals surface area contributed by atoms with Gasteiger partial charge in [-0.2, -0.15) is 0 Å². The highest BCUT2D eigenvalue weighted by Gasteiger charge is 2.14. The van der Waals surface area contributed by atoms with Gasteiger partial charge >= 0.3 is 0 Å². The molecule has 0 aliphatic rings. The molecule has 3 nitrogen and oxygen atoms in total. The highest BCUT2D eigenvalue weighted by molar-refractivity contribution is 8.01. The van der Waals surface area contributed by atoms with E-state index in [1.807, 2.05) is 10.8 Å². The summed E-state index contributed by atoms with van der Waals surface area (Å²) in [6.07, 6.45) is 3.17. The van der Waals surface area contributed by atoms with E-state index in [0.717, 1.165) is 17.2 Å². The number of nitrogens with two attached hydrogens (primary N) is 2. The lowest BCUT2D eigenvalue weighted by Gasteiger charge is -2.10. The van der Waals surface area contributed by atoms with Crippen molar-refractivity contribution in [3.8, 4) is 27.9 Å². The standard InChI is InChI=1S/C36H31N3S2/c37-18-20-40-24-26-6-10-28(11-7-26)30-14-16-33-34-17-15-31(29-12-8-27(9-13-29)25-41-21-19-38)23-36(34)39(35(33)22-30)32-4-2-1-3-5-32/h1-23H,24-25,37-38H2/b20-18-,21-19-. The summed E-state index contributed by atoms with van der Waals surface area (Å²) in [4.78, 5) is 0. The second-order valence-corrected chi connectivity index (χ2v) is 11.6. The molecular formula is C36H31N3S2. The Labute approximate surface area is 249 Å². The first-order valence-electron chi connectivity index (χ1n) is 13.5. The van der Waals surface area contributed by atoms with Gasteiger partial charge in [-0.1, -0.05) is 91.0 Å². The smallest absolute Gasteiger partial charge is 0.0547 e. The Hall–Kier alpha value is -4.32. The lowest BCUT2D eigenvalue weighted by molar-refractivity contribution is 1.18. The van der Waals surface area contributed by atoms with Gasteiger partial charge in [0.2, 0.25) is 0 Å². The number of fused-ring (bicyclic) bond motifs is 3. The van der Waals surface area contributed by atoms with Gasteiger partial charge in [0.25, 0.3) is 0 Å². The molecule has 0 aliphatic carbocycles. The number of benzene rings is 5. The number of hydrogen-bond acceptors (Lipinski definition) is 4. The van der Waals surface area contributed by atoms with Crippen molar-refractivity contribution in [2.75, 3.05) is 0 Å². The first-order chi connectivity index (χ1) is 20.2. The maximum Gasteiger partial charge on any atom is 0.0547 e. The molecule has 0 atom stereocenters. The van der Waals surface area contributed by atoms with E-state index in [2.05, 4.69) is 120 Å². The molecule has 0 amide bonds. The molecule has 6 rings (SSSR count). The Morgan fingerprint density at radius 1 is 0.512 bits per heavy atom. The van der Waals surface area contributed by atoms with Gasteiger partial charge in [-0.15, -0.1) is 23.5 Å². The number of hydrogen-bond donors (Lipinski definition) is 2. The van der Waals surface area contributed by atoms with Crippen LogP contribution in [0, 0.1) is 0 Å². The molecule has 0 saturated carbocycles. The third-order valence-electron chi connectivity index (χ3n) is 7.21. The van der Waals surface area contributed by atoms with Gasteiger partial charge in [-0.05, 0) is 68.5 Å². The van der Waals surface area contributed by atoms with Crippen molar-refractivity contribution in [1.82, 2.24) is 4.57 Å². The lowest BCUT2D eigenvalue weighted by atomic mass is 10.0. The minimum absolute atomic E-state index is 0.908. The van der Waals surface area contributed by atoms with Crippen LogP contribution in [0.25, 0.3) is 49.7 Å². The van der Waals surface area contributed by atoms with Gasteiger partial charge in [0.05, 0.1) is 11.0 Å². The van der Waals surface area contributed by atoms with Crippen LogP contribution in [0.4, 0.5) is 0 Å². The first kappa shape index (κ1) is 26.9. The predicted octanol–water partition coefficient (Wildman–Crippen LogP) is 9.44. The summed E-state index contributed by atoms with van der Waals surface area (Å²) in [7, 11) is 0. The summed E-state index contributed by atoms with van der Waals surface area (Å²) in [6.45, 7) is 0. The van der Waals surface area contributed by atoms with Crippen LogP contribution >= 0.6 is 23.5 Å². The van der Waals surface area contributed by atoms with Crippen LogP contribution in [-0.4, -0.2) is 4.57 Å². The third-order valence-corrected chi connectivity index (χ3v) is 8.91. The van der Waals surface area contributed by atoms with E-state index in [-0.39, 0.29) is 0 Å². The van der Waals surface area contributed by atoms with Gasteiger partial charge in [0.15, 0.2) is 0 Å². The average molecular weight is 570 g/mol. The van der Waals surface area contributed by atoms with Crippen molar-refractivity contribution in [3.63, 3.8) is 0 Å². The summed E-state index contributed by atoms with van der Waals surface area (Å²) in [5, 5.41) is 6.35. The van der Waals surface area contributed by atoms with Crippen molar-refractivity contribution in [1.29, 1.82) is 0 Å². The lowest BCUT2D eigenvalue weighted by Crippen LogP contribution is -1.94. The maximum absolute atomic E-state index is 5.47. The SMILES string of the molecule is N/C=C\SCc1ccc(-c2ccc3c4ccc(-c5ccc(CS/C=C\N)cc5)cc4n(-c4ccccc4)c3c2)cc1. The summed E-state index contributed by atoms with van der Waals surface area (Å²) in [5.74, 6) is 1.82. The molecule has 4 N–H and O–H groups in total. The van der Waals surface area contributed by atoms with Crippen LogP contribution in [0.3, 0.4) is 0 Å². The van der Waals surface area contributed by atoms with Crippen LogP contribution in [0.5, 0.6) is 0 Å². The van der Waals surface area contributed by atoms with Gasteiger partial charge in [0.1, 0.15) is 0 Å². The Kier molecular flexibility index (Phi) is 8.17. The number of nitrogens with zero attached hydrogens (tertiary/aromatic N) is 1. The van der Waals surface area contributed by atoms with E-state index in [1.54, 1.807) is 35.9 Å². The minimum Gasteiger partial charge on any atom is -0.404 e. The molecule has 0 bridgehead atoms. The van der Waals surface area contributed by atoms with Crippen molar-refractivity contribution >= 4 is 45.3 Å². The molecule has 6 aromatic rings. The van der Waals surface area contributed by atoms with Crippen molar-refractivity contribution in [2.24, 2.45) is 11.5 Å². The summed E-state index contributed by atoms with van der Waals surface area (Å²) in [5.41, 5.74) is 21.9. The zero-order valence-electron chi connectivity index (χ0n) is 22.6. The number of rotatable bonds is 9. The predicted molar refractivity (Wildman–Crippen MR) is 181 cm³/mol. The zero-order valence-corrected chi connectivity index (χ0v) is 24.2. The van der Waals surface area contributed by atoms with E-state index in [1.165, 1.54) is 55.2 Å². The minimum atomic E-state index is 0.908. The second-order valence-electron chi connectivity index (χ2n) is 9.81. The third kappa shape index (κ3) is 5.78. The van der Waals surface area contributed by atoms with Crippen molar-refractivity contribution < 1.29 is 0 Å². The van der Waals surface area contributed by atoms with Crippen LogP contribution in [0.1, 0.15) is 11.1 Å². The summed E-state index contributed by atoms with van der Waals surface area (Å²) >= 11 is 3.40.